The van der Waals surface area contributed by atoms with Gasteiger partial charge in [0, 0.05) is 24.2 Å². The second-order valence-corrected chi connectivity index (χ2v) is 7.69. The lowest BCUT2D eigenvalue weighted by Gasteiger charge is -2.20. The highest BCUT2D eigenvalue weighted by Gasteiger charge is 2.17. The number of halogens is 1. The molecule has 1 N–H and O–H groups in total. The lowest BCUT2D eigenvalue weighted by atomic mass is 9.98. The molecule has 0 aliphatic rings. The van der Waals surface area contributed by atoms with Crippen LogP contribution in [0.1, 0.15) is 29.2 Å². The summed E-state index contributed by atoms with van der Waals surface area (Å²) >= 11 is 1.76. The van der Waals surface area contributed by atoms with Crippen molar-refractivity contribution >= 4 is 17.7 Å². The highest BCUT2D eigenvalue weighted by molar-refractivity contribution is 7.98. The first kappa shape index (κ1) is 21.1. The maximum atomic E-state index is 13.4. The highest BCUT2D eigenvalue weighted by Crippen LogP contribution is 2.27. The predicted molar refractivity (Wildman–Crippen MR) is 115 cm³/mol. The Morgan fingerprint density at radius 2 is 1.59 bits per heavy atom. The minimum atomic E-state index is -0.340. The fourth-order valence-electron chi connectivity index (χ4n) is 2.94. The smallest absolute Gasteiger partial charge is 0.223 e. The van der Waals surface area contributed by atoms with Crippen LogP contribution in [0, 0.1) is 5.82 Å². The molecule has 1 unspecified atom stereocenters. The zero-order chi connectivity index (χ0) is 20.5. The number of hydrogen-bond donors (Lipinski definition) is 1. The number of benzene rings is 3. The Bertz CT molecular complexity index is 898. The zero-order valence-corrected chi connectivity index (χ0v) is 17.1. The summed E-state index contributed by atoms with van der Waals surface area (Å²) in [7, 11) is 1.57. The van der Waals surface area contributed by atoms with Crippen molar-refractivity contribution in [3.8, 4) is 0 Å². The van der Waals surface area contributed by atoms with Crippen LogP contribution in [0.4, 0.5) is 4.39 Å². The summed E-state index contributed by atoms with van der Waals surface area (Å²) in [5, 5.41) is 3.03. The Kier molecular flexibility index (Phi) is 7.85. The summed E-state index contributed by atoms with van der Waals surface area (Å²) in [5.74, 6) is 0.490. The first-order valence-corrected chi connectivity index (χ1v) is 10.4. The fourth-order valence-corrected chi connectivity index (χ4v) is 3.79. The molecule has 0 spiro atoms. The molecule has 1 amide bonds. The first-order chi connectivity index (χ1) is 14.2. The Morgan fingerprint density at radius 3 is 2.21 bits per heavy atom. The van der Waals surface area contributed by atoms with Gasteiger partial charge in [-0.15, -0.1) is 11.8 Å². The van der Waals surface area contributed by atoms with Crippen LogP contribution in [0.2, 0.25) is 0 Å². The SMILES string of the molecule is COCCC(=O)NC(c1ccc(F)cc1)c1ccc(SCc2ccccc2)cc1. The normalized spacial score (nSPS) is 11.8. The van der Waals surface area contributed by atoms with E-state index in [1.807, 2.05) is 30.3 Å². The van der Waals surface area contributed by atoms with Crippen molar-refractivity contribution in [1.82, 2.24) is 5.32 Å². The highest BCUT2D eigenvalue weighted by atomic mass is 32.2. The van der Waals surface area contributed by atoms with E-state index in [-0.39, 0.29) is 24.2 Å². The van der Waals surface area contributed by atoms with Crippen LogP contribution >= 0.6 is 11.8 Å². The third kappa shape index (κ3) is 6.44. The van der Waals surface area contributed by atoms with Gasteiger partial charge in [0.15, 0.2) is 0 Å². The van der Waals surface area contributed by atoms with Gasteiger partial charge >= 0.3 is 0 Å². The molecule has 0 fully saturated rings. The van der Waals surface area contributed by atoms with E-state index in [2.05, 4.69) is 29.6 Å². The number of nitrogens with one attached hydrogen (secondary N) is 1. The number of ether oxygens (including phenoxy) is 1. The molecule has 3 aromatic carbocycles. The lowest BCUT2D eigenvalue weighted by molar-refractivity contribution is -0.122. The molecule has 3 rings (SSSR count). The molecule has 0 saturated carbocycles. The maximum absolute atomic E-state index is 13.4. The van der Waals surface area contributed by atoms with Crippen LogP contribution in [0.25, 0.3) is 0 Å². The lowest BCUT2D eigenvalue weighted by Crippen LogP contribution is -2.30. The van der Waals surface area contributed by atoms with Gasteiger partial charge in [-0.3, -0.25) is 4.79 Å². The molecule has 0 aliphatic carbocycles. The number of carbonyl (C=O) groups is 1. The fraction of sp³-hybridized carbons (Fsp3) is 0.208. The molecule has 0 saturated heterocycles. The minimum Gasteiger partial charge on any atom is -0.384 e. The van der Waals surface area contributed by atoms with Gasteiger partial charge in [0.25, 0.3) is 0 Å². The Hall–Kier alpha value is -2.63. The molecule has 150 valence electrons. The summed E-state index contributed by atoms with van der Waals surface area (Å²) in [6, 6.07) is 24.3. The van der Waals surface area contributed by atoms with Crippen LogP contribution in [-0.4, -0.2) is 19.6 Å². The van der Waals surface area contributed by atoms with Crippen LogP contribution in [0.5, 0.6) is 0 Å². The molecule has 0 bridgehead atoms. The summed E-state index contributed by atoms with van der Waals surface area (Å²) in [5.41, 5.74) is 3.06. The topological polar surface area (TPSA) is 38.3 Å². The summed E-state index contributed by atoms with van der Waals surface area (Å²) < 4.78 is 18.3. The van der Waals surface area contributed by atoms with E-state index in [0.29, 0.717) is 6.61 Å². The van der Waals surface area contributed by atoms with E-state index >= 15 is 0 Å². The van der Waals surface area contributed by atoms with Crippen LogP contribution in [-0.2, 0) is 15.3 Å². The summed E-state index contributed by atoms with van der Waals surface area (Å²) in [4.78, 5) is 13.4. The average Bonchev–Trinajstić information content (AvgIpc) is 2.76. The molecule has 0 aromatic heterocycles. The van der Waals surface area contributed by atoms with Gasteiger partial charge in [-0.2, -0.15) is 0 Å². The third-order valence-corrected chi connectivity index (χ3v) is 5.59. The molecule has 3 aromatic rings. The van der Waals surface area contributed by atoms with Crippen molar-refractivity contribution in [2.75, 3.05) is 13.7 Å². The predicted octanol–water partition coefficient (Wildman–Crippen LogP) is 5.36. The second-order valence-electron chi connectivity index (χ2n) is 6.64. The van der Waals surface area contributed by atoms with Crippen molar-refractivity contribution in [1.29, 1.82) is 0 Å². The number of hydrogen-bond acceptors (Lipinski definition) is 3. The molecule has 3 nitrogen and oxygen atoms in total. The Labute approximate surface area is 175 Å². The molecule has 1 atom stereocenters. The average molecular weight is 410 g/mol. The molecular weight excluding hydrogens is 385 g/mol. The molecule has 5 heteroatoms. The van der Waals surface area contributed by atoms with Gasteiger partial charge in [-0.25, -0.2) is 4.39 Å². The number of carbonyl (C=O) groups excluding carboxylic acids is 1. The van der Waals surface area contributed by atoms with Crippen LogP contribution < -0.4 is 5.32 Å². The van der Waals surface area contributed by atoms with Gasteiger partial charge in [0.2, 0.25) is 5.91 Å². The van der Waals surface area contributed by atoms with Gasteiger partial charge in [0.1, 0.15) is 5.82 Å². The molecule has 0 radical (unpaired) electrons. The van der Waals surface area contributed by atoms with E-state index in [1.165, 1.54) is 17.7 Å². The Morgan fingerprint density at radius 1 is 0.966 bits per heavy atom. The van der Waals surface area contributed by atoms with Crippen molar-refractivity contribution < 1.29 is 13.9 Å². The quantitative estimate of drug-likeness (QED) is 0.484. The second kappa shape index (κ2) is 10.8. The van der Waals surface area contributed by atoms with Gasteiger partial charge in [0.05, 0.1) is 12.6 Å². The van der Waals surface area contributed by atoms with E-state index < -0.39 is 0 Å². The van der Waals surface area contributed by atoms with E-state index in [1.54, 1.807) is 31.0 Å². The van der Waals surface area contributed by atoms with Gasteiger partial charge < -0.3 is 10.1 Å². The monoisotopic (exact) mass is 409 g/mol. The van der Waals surface area contributed by atoms with Crippen molar-refractivity contribution in [2.45, 2.75) is 23.1 Å². The number of amides is 1. The molecule has 29 heavy (non-hydrogen) atoms. The van der Waals surface area contributed by atoms with E-state index in [4.69, 9.17) is 4.74 Å². The van der Waals surface area contributed by atoms with Crippen molar-refractivity contribution in [3.05, 3.63) is 101 Å². The summed E-state index contributed by atoms with van der Waals surface area (Å²) in [6.07, 6.45) is 0.277. The largest absolute Gasteiger partial charge is 0.384 e. The summed E-state index contributed by atoms with van der Waals surface area (Å²) in [6.45, 7) is 0.358. The van der Waals surface area contributed by atoms with Gasteiger partial charge in [-0.05, 0) is 41.0 Å². The number of thioether (sulfide) groups is 1. The van der Waals surface area contributed by atoms with Crippen molar-refractivity contribution in [2.24, 2.45) is 0 Å². The Balaban J connectivity index is 1.74. The third-order valence-electron chi connectivity index (χ3n) is 4.50. The number of rotatable bonds is 9. The zero-order valence-electron chi connectivity index (χ0n) is 16.3. The number of methoxy groups -OCH3 is 1. The molecular formula is C24H24FNO2S. The van der Waals surface area contributed by atoms with Crippen molar-refractivity contribution in [3.63, 3.8) is 0 Å². The molecule has 0 heterocycles. The van der Waals surface area contributed by atoms with Crippen LogP contribution in [0.15, 0.2) is 83.8 Å². The van der Waals surface area contributed by atoms with Gasteiger partial charge in [-0.1, -0.05) is 54.6 Å². The minimum absolute atomic E-state index is 0.108. The maximum Gasteiger partial charge on any atom is 0.223 e. The standard InChI is InChI=1S/C24H24FNO2S/c1-28-16-15-23(27)26-24(19-7-11-21(25)12-8-19)20-9-13-22(14-10-20)29-17-18-5-3-2-4-6-18/h2-14,24H,15-17H2,1H3,(H,26,27). The molecule has 0 aliphatic heterocycles. The van der Waals surface area contributed by atoms with Crippen LogP contribution in [0.3, 0.4) is 0 Å². The first-order valence-electron chi connectivity index (χ1n) is 9.46. The van der Waals surface area contributed by atoms with E-state index in [9.17, 15) is 9.18 Å². The van der Waals surface area contributed by atoms with E-state index in [0.717, 1.165) is 21.8 Å².